The first-order valence-corrected chi connectivity index (χ1v) is 8.43. The van der Waals surface area contributed by atoms with Crippen molar-refractivity contribution in [3.63, 3.8) is 0 Å². The number of nitrogens with zero attached hydrogens (tertiary/aromatic N) is 2. The second-order valence-corrected chi connectivity index (χ2v) is 6.78. The number of hydrogen-bond acceptors (Lipinski definition) is 3. The summed E-state index contributed by atoms with van der Waals surface area (Å²) in [6.07, 6.45) is 4.20. The number of nitrogens with one attached hydrogen (secondary N) is 1. The molecule has 1 aromatic heterocycles. The molecule has 1 N–H and O–H groups in total. The molecule has 1 saturated carbocycles. The van der Waals surface area contributed by atoms with Gasteiger partial charge in [-0.1, -0.05) is 0 Å². The molecule has 1 fully saturated rings. The Morgan fingerprint density at radius 2 is 2.14 bits per heavy atom. The van der Waals surface area contributed by atoms with Crippen molar-refractivity contribution < 1.29 is 9.53 Å². The highest BCUT2D eigenvalue weighted by Crippen LogP contribution is 2.40. The van der Waals surface area contributed by atoms with E-state index in [4.69, 9.17) is 4.74 Å². The van der Waals surface area contributed by atoms with E-state index in [1.54, 1.807) is 6.20 Å². The van der Waals surface area contributed by atoms with E-state index in [1.165, 1.54) is 12.8 Å². The molecule has 1 aromatic carbocycles. The first kappa shape index (κ1) is 15.3. The number of benzene rings is 1. The van der Waals surface area contributed by atoms with E-state index in [0.29, 0.717) is 17.7 Å². The van der Waals surface area contributed by atoms with Crippen molar-refractivity contribution in [3.8, 4) is 5.75 Å². The van der Waals surface area contributed by atoms with Crippen molar-refractivity contribution in [2.45, 2.75) is 25.8 Å². The number of ether oxygens (including phenoxy) is 1. The average molecular weight is 411 g/mol. The highest BCUT2D eigenvalue weighted by molar-refractivity contribution is 14.1. The van der Waals surface area contributed by atoms with Gasteiger partial charge in [-0.15, -0.1) is 0 Å². The molecule has 2 aromatic rings. The molecule has 1 aliphatic rings. The number of carbonyl (C=O) groups excluding carboxylic acids is 1. The smallest absolute Gasteiger partial charge is 0.263 e. The molecule has 0 spiro atoms. The van der Waals surface area contributed by atoms with Crippen LogP contribution in [0.1, 0.15) is 25.8 Å². The fourth-order valence-electron chi connectivity index (χ4n) is 2.37. The number of hydrogen-bond donors (Lipinski definition) is 1. The molecule has 0 saturated heterocycles. The maximum Gasteiger partial charge on any atom is 0.263 e. The molecule has 1 unspecified atom stereocenters. The molecule has 0 bridgehead atoms. The molecule has 1 aliphatic carbocycles. The minimum atomic E-state index is -0.178. The molecule has 5 nitrogen and oxygen atoms in total. The third-order valence-corrected chi connectivity index (χ3v) is 4.53. The minimum absolute atomic E-state index is 0.0103. The second-order valence-electron chi connectivity index (χ2n) is 5.53. The van der Waals surface area contributed by atoms with Gasteiger partial charge in [-0.3, -0.25) is 4.79 Å². The van der Waals surface area contributed by atoms with Crippen molar-refractivity contribution in [1.82, 2.24) is 9.78 Å². The Morgan fingerprint density at radius 1 is 1.41 bits per heavy atom. The van der Waals surface area contributed by atoms with Gasteiger partial charge >= 0.3 is 0 Å². The van der Waals surface area contributed by atoms with Crippen molar-refractivity contribution in [1.29, 1.82) is 0 Å². The van der Waals surface area contributed by atoms with Crippen LogP contribution in [0.15, 0.2) is 36.5 Å². The van der Waals surface area contributed by atoms with E-state index in [9.17, 15) is 4.79 Å². The second kappa shape index (κ2) is 6.68. The van der Waals surface area contributed by atoms with Gasteiger partial charge in [-0.05, 0) is 72.5 Å². The summed E-state index contributed by atoms with van der Waals surface area (Å²) in [5.74, 6) is 1.92. The van der Waals surface area contributed by atoms with E-state index < -0.39 is 0 Å². The Morgan fingerprint density at radius 3 is 2.82 bits per heavy atom. The van der Waals surface area contributed by atoms with Gasteiger partial charge in [0.2, 0.25) is 0 Å². The number of carbonyl (C=O) groups is 1. The normalized spacial score (nSPS) is 15.4. The highest BCUT2D eigenvalue weighted by atomic mass is 127. The summed E-state index contributed by atoms with van der Waals surface area (Å²) in [5, 5.41) is 7.19. The van der Waals surface area contributed by atoms with Gasteiger partial charge in [0.25, 0.3) is 5.91 Å². The zero-order valence-corrected chi connectivity index (χ0v) is 14.5. The third-order valence-electron chi connectivity index (χ3n) is 3.81. The van der Waals surface area contributed by atoms with Gasteiger partial charge in [-0.25, -0.2) is 4.68 Å². The van der Waals surface area contributed by atoms with E-state index >= 15 is 0 Å². The van der Waals surface area contributed by atoms with Gasteiger partial charge in [0.05, 0.1) is 12.2 Å². The van der Waals surface area contributed by atoms with Crippen LogP contribution in [0.25, 0.3) is 0 Å². The zero-order chi connectivity index (χ0) is 15.5. The highest BCUT2D eigenvalue weighted by Gasteiger charge is 2.30. The predicted molar refractivity (Wildman–Crippen MR) is 92.9 cm³/mol. The van der Waals surface area contributed by atoms with Crippen molar-refractivity contribution in [3.05, 3.63) is 40.1 Å². The Labute approximate surface area is 143 Å². The monoisotopic (exact) mass is 411 g/mol. The lowest BCUT2D eigenvalue weighted by atomic mass is 10.2. The number of aromatic nitrogens is 2. The van der Waals surface area contributed by atoms with Gasteiger partial charge in [0.1, 0.15) is 11.6 Å². The van der Waals surface area contributed by atoms with E-state index in [1.807, 2.05) is 35.0 Å². The molecule has 0 aliphatic heterocycles. The maximum atomic E-state index is 12.0. The van der Waals surface area contributed by atoms with Crippen LogP contribution in [0.5, 0.6) is 5.75 Å². The van der Waals surface area contributed by atoms with Gasteiger partial charge in [-0.2, -0.15) is 5.10 Å². The van der Waals surface area contributed by atoms with E-state index in [0.717, 1.165) is 9.39 Å². The van der Waals surface area contributed by atoms with E-state index in [2.05, 4.69) is 39.9 Å². The molecule has 1 heterocycles. The van der Waals surface area contributed by atoms with Crippen LogP contribution >= 0.6 is 22.6 Å². The molecule has 3 rings (SSSR count). The van der Waals surface area contributed by atoms with Gasteiger partial charge < -0.3 is 10.1 Å². The fraction of sp³-hybridized carbons (Fsp3) is 0.375. The Bertz CT molecular complexity index is 650. The standard InChI is InChI=1S/C16H18IN3O2/c1-11(12-2-3-12)20-15(8-9-18-20)19-16(21)10-22-14-6-4-13(17)5-7-14/h4-9,11-12H,2-3,10H2,1H3,(H,19,21). The molecule has 22 heavy (non-hydrogen) atoms. The first-order valence-electron chi connectivity index (χ1n) is 7.35. The first-order chi connectivity index (χ1) is 10.6. The van der Waals surface area contributed by atoms with Crippen LogP contribution in [0, 0.1) is 9.49 Å². The van der Waals surface area contributed by atoms with Gasteiger partial charge in [0, 0.05) is 9.64 Å². The molecule has 1 amide bonds. The minimum Gasteiger partial charge on any atom is -0.484 e. The summed E-state index contributed by atoms with van der Waals surface area (Å²) in [4.78, 5) is 12.0. The summed E-state index contributed by atoms with van der Waals surface area (Å²) in [6.45, 7) is 2.13. The van der Waals surface area contributed by atoms with Crippen LogP contribution in [-0.2, 0) is 4.79 Å². The van der Waals surface area contributed by atoms with Crippen molar-refractivity contribution >= 4 is 34.3 Å². The topological polar surface area (TPSA) is 56.2 Å². The van der Waals surface area contributed by atoms with Crippen LogP contribution in [0.2, 0.25) is 0 Å². The number of halogens is 1. The molecule has 1 atom stereocenters. The number of rotatable bonds is 6. The largest absolute Gasteiger partial charge is 0.484 e. The summed E-state index contributed by atoms with van der Waals surface area (Å²) in [7, 11) is 0. The quantitative estimate of drug-likeness (QED) is 0.741. The van der Waals surface area contributed by atoms with E-state index in [-0.39, 0.29) is 12.5 Å². The van der Waals surface area contributed by atoms with Crippen LogP contribution in [0.4, 0.5) is 5.82 Å². The fourth-order valence-corrected chi connectivity index (χ4v) is 2.73. The van der Waals surface area contributed by atoms with Crippen LogP contribution in [0.3, 0.4) is 0 Å². The predicted octanol–water partition coefficient (Wildman–Crippen LogP) is 3.48. The summed E-state index contributed by atoms with van der Waals surface area (Å²) >= 11 is 2.23. The molecular formula is C16H18IN3O2. The maximum absolute atomic E-state index is 12.0. The zero-order valence-electron chi connectivity index (χ0n) is 12.3. The Hall–Kier alpha value is -1.57. The average Bonchev–Trinajstić information content (AvgIpc) is 3.26. The SMILES string of the molecule is CC(C1CC1)n1nccc1NC(=O)COc1ccc(I)cc1. The van der Waals surface area contributed by atoms with Gasteiger partial charge in [0.15, 0.2) is 6.61 Å². The van der Waals surface area contributed by atoms with Crippen molar-refractivity contribution in [2.75, 3.05) is 11.9 Å². The lowest BCUT2D eigenvalue weighted by Crippen LogP contribution is -2.23. The molecule has 6 heteroatoms. The van der Waals surface area contributed by atoms with Crippen LogP contribution < -0.4 is 10.1 Å². The summed E-state index contributed by atoms with van der Waals surface area (Å²) < 4.78 is 8.51. The van der Waals surface area contributed by atoms with Crippen LogP contribution in [-0.4, -0.2) is 22.3 Å². The van der Waals surface area contributed by atoms with Crippen molar-refractivity contribution in [2.24, 2.45) is 5.92 Å². The Kier molecular flexibility index (Phi) is 4.66. The molecular weight excluding hydrogens is 393 g/mol. The third kappa shape index (κ3) is 3.79. The number of anilines is 1. The molecule has 116 valence electrons. The molecule has 0 radical (unpaired) electrons. The number of amides is 1. The summed E-state index contributed by atoms with van der Waals surface area (Å²) in [5.41, 5.74) is 0. The lowest BCUT2D eigenvalue weighted by molar-refractivity contribution is -0.118. The summed E-state index contributed by atoms with van der Waals surface area (Å²) in [6, 6.07) is 9.74. The lowest BCUT2D eigenvalue weighted by Gasteiger charge is -2.15. The Balaban J connectivity index is 1.55.